The number of benzene rings is 1. The summed E-state index contributed by atoms with van der Waals surface area (Å²) in [6.45, 7) is 3.35. The lowest BCUT2D eigenvalue weighted by Gasteiger charge is -2.39. The minimum Gasteiger partial charge on any atom is -0.381 e. The Morgan fingerprint density at radius 1 is 1.29 bits per heavy atom. The Bertz CT molecular complexity index is 500. The summed E-state index contributed by atoms with van der Waals surface area (Å²) in [5.41, 5.74) is 0.235. The van der Waals surface area contributed by atoms with Crippen molar-refractivity contribution in [1.82, 2.24) is 4.90 Å². The lowest BCUT2D eigenvalue weighted by Crippen LogP contribution is -2.47. The van der Waals surface area contributed by atoms with E-state index in [0.717, 1.165) is 49.9 Å². The summed E-state index contributed by atoms with van der Waals surface area (Å²) < 4.78 is 5.55. The lowest BCUT2D eigenvalue weighted by molar-refractivity contribution is -0.137. The van der Waals surface area contributed by atoms with Crippen LogP contribution >= 0.6 is 23.4 Å². The Hall–Kier alpha value is -0.710. The second-order valence-corrected chi connectivity index (χ2v) is 7.53. The van der Waals surface area contributed by atoms with Crippen LogP contribution in [0.5, 0.6) is 0 Å². The lowest BCUT2D eigenvalue weighted by atomic mass is 9.79. The van der Waals surface area contributed by atoms with Crippen molar-refractivity contribution in [1.29, 1.82) is 0 Å². The summed E-state index contributed by atoms with van der Waals surface area (Å²) in [4.78, 5) is 15.3. The largest absolute Gasteiger partial charge is 0.381 e. The van der Waals surface area contributed by atoms with E-state index < -0.39 is 0 Å². The number of carbonyl (C=O) groups is 1. The molecule has 0 bridgehead atoms. The van der Waals surface area contributed by atoms with Gasteiger partial charge >= 0.3 is 0 Å². The predicted octanol–water partition coefficient (Wildman–Crippen LogP) is 3.46. The maximum Gasteiger partial charge on any atom is 0.222 e. The Morgan fingerprint density at radius 3 is 2.81 bits per heavy atom. The van der Waals surface area contributed by atoms with Crippen molar-refractivity contribution in [3.63, 3.8) is 0 Å². The van der Waals surface area contributed by atoms with Gasteiger partial charge in [-0.25, -0.2) is 0 Å². The zero-order chi connectivity index (χ0) is 14.7. The van der Waals surface area contributed by atoms with Crippen LogP contribution < -0.4 is 0 Å². The van der Waals surface area contributed by atoms with Crippen LogP contribution in [0.25, 0.3) is 0 Å². The van der Waals surface area contributed by atoms with E-state index in [1.54, 1.807) is 11.8 Å². The number of piperidine rings is 1. The van der Waals surface area contributed by atoms with Crippen molar-refractivity contribution < 1.29 is 9.53 Å². The van der Waals surface area contributed by atoms with Crippen LogP contribution in [0.1, 0.15) is 19.3 Å². The topological polar surface area (TPSA) is 29.5 Å². The molecule has 1 aromatic carbocycles. The van der Waals surface area contributed by atoms with Crippen molar-refractivity contribution in [3.8, 4) is 0 Å². The average Bonchev–Trinajstić information content (AvgIpc) is 2.93. The number of thioether (sulfide) groups is 1. The van der Waals surface area contributed by atoms with Gasteiger partial charge in [0.25, 0.3) is 0 Å². The van der Waals surface area contributed by atoms with Gasteiger partial charge in [-0.15, -0.1) is 11.8 Å². The fourth-order valence-corrected chi connectivity index (χ4v) is 4.08. The molecule has 0 saturated carbocycles. The summed E-state index contributed by atoms with van der Waals surface area (Å²) >= 11 is 7.65. The summed E-state index contributed by atoms with van der Waals surface area (Å²) in [7, 11) is 0. The molecule has 3 nitrogen and oxygen atoms in total. The molecule has 0 aromatic heterocycles. The molecule has 114 valence electrons. The predicted molar refractivity (Wildman–Crippen MR) is 85.9 cm³/mol. The number of carbonyl (C=O) groups excluding carboxylic acids is 1. The van der Waals surface area contributed by atoms with Crippen molar-refractivity contribution in [3.05, 3.63) is 29.3 Å². The van der Waals surface area contributed by atoms with Crippen LogP contribution in [0.4, 0.5) is 0 Å². The number of ether oxygens (including phenoxy) is 1. The van der Waals surface area contributed by atoms with Crippen LogP contribution in [0.2, 0.25) is 5.02 Å². The monoisotopic (exact) mass is 325 g/mol. The minimum atomic E-state index is 0.235. The quantitative estimate of drug-likeness (QED) is 0.794. The molecule has 0 N–H and O–H groups in total. The molecule has 5 heteroatoms. The number of likely N-dealkylation sites (tertiary alicyclic amines) is 1. The third-order valence-corrected chi connectivity index (χ3v) is 5.62. The molecule has 0 aliphatic carbocycles. The number of nitrogens with zero attached hydrogens (tertiary/aromatic N) is 1. The Labute approximate surface area is 135 Å². The van der Waals surface area contributed by atoms with E-state index >= 15 is 0 Å². The van der Waals surface area contributed by atoms with Gasteiger partial charge < -0.3 is 9.64 Å². The van der Waals surface area contributed by atoms with E-state index in [-0.39, 0.29) is 5.41 Å². The Kier molecular flexibility index (Phi) is 4.77. The van der Waals surface area contributed by atoms with Crippen LogP contribution in [0.3, 0.4) is 0 Å². The number of amides is 1. The molecule has 1 spiro atoms. The van der Waals surface area contributed by atoms with Crippen molar-refractivity contribution in [2.75, 3.05) is 32.1 Å². The minimum absolute atomic E-state index is 0.235. The van der Waals surface area contributed by atoms with Crippen LogP contribution in [0.15, 0.2) is 29.2 Å². The molecule has 2 saturated heterocycles. The molecule has 21 heavy (non-hydrogen) atoms. The molecule has 1 atom stereocenters. The average molecular weight is 326 g/mol. The molecular formula is C16H20ClNO2S. The third-order valence-electron chi connectivity index (χ3n) is 4.38. The highest BCUT2D eigenvalue weighted by molar-refractivity contribution is 7.99. The van der Waals surface area contributed by atoms with Gasteiger partial charge in [0, 0.05) is 47.2 Å². The molecule has 3 rings (SSSR count). The van der Waals surface area contributed by atoms with E-state index in [1.807, 2.05) is 29.2 Å². The highest BCUT2D eigenvalue weighted by Gasteiger charge is 2.41. The number of hydrogen-bond acceptors (Lipinski definition) is 3. The third kappa shape index (κ3) is 3.74. The summed E-state index contributed by atoms with van der Waals surface area (Å²) in [5, 5.41) is 0.758. The van der Waals surface area contributed by atoms with Gasteiger partial charge in [-0.05, 0) is 37.1 Å². The fraction of sp³-hybridized carbons (Fsp3) is 0.562. The normalized spacial score (nSPS) is 25.8. The molecule has 0 radical (unpaired) electrons. The van der Waals surface area contributed by atoms with Gasteiger partial charge in [-0.3, -0.25) is 4.79 Å². The first kappa shape index (κ1) is 15.2. The fourth-order valence-electron chi connectivity index (χ4n) is 3.08. The van der Waals surface area contributed by atoms with Crippen LogP contribution in [0, 0.1) is 5.41 Å². The van der Waals surface area contributed by atoms with Crippen molar-refractivity contribution >= 4 is 29.3 Å². The summed E-state index contributed by atoms with van der Waals surface area (Å²) in [5.74, 6) is 1.22. The highest BCUT2D eigenvalue weighted by Crippen LogP contribution is 2.38. The smallest absolute Gasteiger partial charge is 0.222 e. The molecular weight excluding hydrogens is 306 g/mol. The molecule has 1 aromatic rings. The van der Waals surface area contributed by atoms with Gasteiger partial charge in [-0.2, -0.15) is 0 Å². The molecule has 2 fully saturated rings. The number of rotatable bonds is 4. The van der Waals surface area contributed by atoms with Gasteiger partial charge in [0.2, 0.25) is 5.91 Å². The van der Waals surface area contributed by atoms with E-state index in [9.17, 15) is 4.79 Å². The first-order chi connectivity index (χ1) is 10.2. The Balaban J connectivity index is 1.51. The molecule has 0 unspecified atom stereocenters. The van der Waals surface area contributed by atoms with Crippen LogP contribution in [-0.4, -0.2) is 42.9 Å². The zero-order valence-corrected chi connectivity index (χ0v) is 13.6. The van der Waals surface area contributed by atoms with E-state index in [2.05, 4.69) is 0 Å². The van der Waals surface area contributed by atoms with E-state index in [1.165, 1.54) is 4.90 Å². The molecule has 1 amide bonds. The SMILES string of the molecule is O=C1CC[C@]2(CCOC2)CN1CCSc1ccc(Cl)cc1. The number of hydrogen-bond donors (Lipinski definition) is 0. The van der Waals surface area contributed by atoms with E-state index in [0.29, 0.717) is 12.3 Å². The van der Waals surface area contributed by atoms with Crippen LogP contribution in [-0.2, 0) is 9.53 Å². The maximum atomic E-state index is 12.1. The maximum absolute atomic E-state index is 12.1. The highest BCUT2D eigenvalue weighted by atomic mass is 35.5. The second kappa shape index (κ2) is 6.59. The number of halogens is 1. The van der Waals surface area contributed by atoms with Crippen molar-refractivity contribution in [2.24, 2.45) is 5.41 Å². The van der Waals surface area contributed by atoms with Gasteiger partial charge in [0.05, 0.1) is 6.61 Å². The Morgan fingerprint density at radius 2 is 2.10 bits per heavy atom. The molecule has 2 heterocycles. The molecule has 2 aliphatic heterocycles. The van der Waals surface area contributed by atoms with Crippen molar-refractivity contribution in [2.45, 2.75) is 24.2 Å². The molecule has 2 aliphatic rings. The standard InChI is InChI=1S/C16H20ClNO2S/c17-13-1-3-14(4-2-13)21-10-8-18-11-16(6-5-15(18)19)7-9-20-12-16/h1-4H,5-12H2/t16-/m0/s1. The van der Waals surface area contributed by atoms with Gasteiger partial charge in [0.15, 0.2) is 0 Å². The summed E-state index contributed by atoms with van der Waals surface area (Å²) in [6.07, 6.45) is 2.77. The van der Waals surface area contributed by atoms with Gasteiger partial charge in [0.1, 0.15) is 0 Å². The first-order valence-corrected chi connectivity index (χ1v) is 8.77. The van der Waals surface area contributed by atoms with Gasteiger partial charge in [-0.1, -0.05) is 11.6 Å². The zero-order valence-electron chi connectivity index (χ0n) is 12.0. The first-order valence-electron chi connectivity index (χ1n) is 7.41. The summed E-state index contributed by atoms with van der Waals surface area (Å²) in [6, 6.07) is 7.86. The second-order valence-electron chi connectivity index (χ2n) is 5.92. The van der Waals surface area contributed by atoms with E-state index in [4.69, 9.17) is 16.3 Å².